The Kier molecular flexibility index (Phi) is 14.4. The van der Waals surface area contributed by atoms with Crippen LogP contribution in [0.5, 0.6) is 0 Å². The van der Waals surface area contributed by atoms with E-state index in [-0.39, 0.29) is 7.05 Å². The Morgan fingerprint density at radius 2 is 1.45 bits per heavy atom. The zero-order chi connectivity index (χ0) is 27.9. The van der Waals surface area contributed by atoms with Crippen molar-refractivity contribution in [1.82, 2.24) is 15.4 Å². The monoisotopic (exact) mass is 524 g/mol. The van der Waals surface area contributed by atoms with Gasteiger partial charge < -0.3 is 31.1 Å². The first-order valence-corrected chi connectivity index (χ1v) is 13.8. The molecule has 0 aliphatic carbocycles. The fraction of sp³-hybridized carbons (Fsp3) is 0.552. The molecule has 0 amide bonds. The lowest BCUT2D eigenvalue weighted by molar-refractivity contribution is 0.112. The molecule has 0 bridgehead atoms. The van der Waals surface area contributed by atoms with Crippen LogP contribution in [0.2, 0.25) is 6.82 Å². The van der Waals surface area contributed by atoms with Crippen molar-refractivity contribution >= 4 is 24.7 Å². The highest BCUT2D eigenvalue weighted by atomic mass is 16.2. The van der Waals surface area contributed by atoms with Crippen LogP contribution in [0.1, 0.15) is 41.6 Å². The summed E-state index contributed by atoms with van der Waals surface area (Å²) in [6, 6.07) is 17.2. The number of nitrogens with zero attached hydrogens (tertiary/aromatic N) is 3. The maximum atomic E-state index is 10.3. The van der Waals surface area contributed by atoms with Crippen molar-refractivity contribution in [1.29, 1.82) is 0 Å². The number of nitrogens with two attached hydrogens (primary N) is 1. The minimum absolute atomic E-state index is 0.358. The van der Waals surface area contributed by atoms with Gasteiger partial charge in [-0.3, -0.25) is 9.69 Å². The predicted molar refractivity (Wildman–Crippen MR) is 162 cm³/mol. The molecular formula is C29H49BN6O2. The SMILES string of the molecule is CB(O)NC1CCNCC1.CN(C)c1ccc(C=O)cc1.CN(C)c1ccc(CN2CCC(N)CC2)cc1. The summed E-state index contributed by atoms with van der Waals surface area (Å²) in [5.74, 6) is 0. The largest absolute Gasteiger partial charge is 0.437 e. The van der Waals surface area contributed by atoms with Crippen molar-refractivity contribution in [2.45, 2.75) is 51.1 Å². The third-order valence-electron chi connectivity index (χ3n) is 6.85. The van der Waals surface area contributed by atoms with E-state index < -0.39 is 0 Å². The fourth-order valence-electron chi connectivity index (χ4n) is 4.45. The second-order valence-corrected chi connectivity index (χ2v) is 10.6. The number of hydrogen-bond donors (Lipinski definition) is 4. The third kappa shape index (κ3) is 12.4. The second kappa shape index (κ2) is 17.2. The normalized spacial score (nSPS) is 16.4. The van der Waals surface area contributed by atoms with Crippen LogP contribution in [0.4, 0.5) is 11.4 Å². The number of hydrogen-bond acceptors (Lipinski definition) is 8. The lowest BCUT2D eigenvalue weighted by Crippen LogP contribution is -2.45. The van der Waals surface area contributed by atoms with E-state index in [1.165, 1.54) is 11.3 Å². The smallest absolute Gasteiger partial charge is 0.373 e. The van der Waals surface area contributed by atoms with Gasteiger partial charge in [-0.05, 0) is 101 Å². The summed E-state index contributed by atoms with van der Waals surface area (Å²) < 4.78 is 0. The molecule has 38 heavy (non-hydrogen) atoms. The molecule has 0 saturated carbocycles. The van der Waals surface area contributed by atoms with Gasteiger partial charge in [0.2, 0.25) is 0 Å². The number of anilines is 2. The van der Waals surface area contributed by atoms with Crippen molar-refractivity contribution in [3.63, 3.8) is 0 Å². The molecule has 2 saturated heterocycles. The minimum atomic E-state index is -0.358. The summed E-state index contributed by atoms with van der Waals surface area (Å²) >= 11 is 0. The topological polar surface area (TPSA) is 97.1 Å². The highest BCUT2D eigenvalue weighted by Crippen LogP contribution is 2.16. The Labute approximate surface area is 230 Å². The van der Waals surface area contributed by atoms with Crippen LogP contribution in [0.25, 0.3) is 0 Å². The highest BCUT2D eigenvalue weighted by Gasteiger charge is 2.16. The molecule has 2 heterocycles. The Morgan fingerprint density at radius 3 is 1.89 bits per heavy atom. The van der Waals surface area contributed by atoms with Crippen LogP contribution in [-0.2, 0) is 6.54 Å². The number of nitrogens with one attached hydrogen (secondary N) is 2. The minimum Gasteiger partial charge on any atom is -0.437 e. The molecule has 4 rings (SSSR count). The van der Waals surface area contributed by atoms with Crippen molar-refractivity contribution in [2.75, 3.05) is 64.2 Å². The van der Waals surface area contributed by atoms with Gasteiger partial charge in [0.25, 0.3) is 0 Å². The molecule has 2 aromatic rings. The summed E-state index contributed by atoms with van der Waals surface area (Å²) in [4.78, 5) is 16.9. The second-order valence-electron chi connectivity index (χ2n) is 10.6. The van der Waals surface area contributed by atoms with E-state index in [2.05, 4.69) is 58.7 Å². The summed E-state index contributed by atoms with van der Waals surface area (Å²) in [6.45, 7) is 7.24. The van der Waals surface area contributed by atoms with Crippen LogP contribution < -0.4 is 26.1 Å². The van der Waals surface area contributed by atoms with E-state index in [9.17, 15) is 4.79 Å². The van der Waals surface area contributed by atoms with Gasteiger partial charge in [0.1, 0.15) is 6.29 Å². The number of carbonyl (C=O) groups is 1. The molecular weight excluding hydrogens is 475 g/mol. The summed E-state index contributed by atoms with van der Waals surface area (Å²) in [7, 11) is 7.72. The lowest BCUT2D eigenvalue weighted by Gasteiger charge is -2.30. The molecule has 8 nitrogen and oxygen atoms in total. The van der Waals surface area contributed by atoms with Gasteiger partial charge in [0.15, 0.2) is 0 Å². The molecule has 2 fully saturated rings. The Bertz CT molecular complexity index is 894. The number of aldehydes is 1. The Balaban J connectivity index is 0.000000211. The number of piperidine rings is 2. The van der Waals surface area contributed by atoms with E-state index in [1.807, 2.05) is 43.3 Å². The van der Waals surface area contributed by atoms with Gasteiger partial charge in [0.05, 0.1) is 0 Å². The van der Waals surface area contributed by atoms with Gasteiger partial charge in [-0.1, -0.05) is 12.1 Å². The molecule has 2 aliphatic heterocycles. The van der Waals surface area contributed by atoms with Crippen molar-refractivity contribution in [3.05, 3.63) is 59.7 Å². The lowest BCUT2D eigenvalue weighted by atomic mass is 9.85. The van der Waals surface area contributed by atoms with E-state index in [0.717, 1.165) is 75.9 Å². The van der Waals surface area contributed by atoms with Gasteiger partial charge in [0, 0.05) is 63.8 Å². The first-order valence-electron chi connectivity index (χ1n) is 13.8. The van der Waals surface area contributed by atoms with Gasteiger partial charge in [-0.15, -0.1) is 0 Å². The van der Waals surface area contributed by atoms with Gasteiger partial charge in [-0.25, -0.2) is 0 Å². The first kappa shape index (κ1) is 31.8. The quantitative estimate of drug-likeness (QED) is 0.325. The molecule has 210 valence electrons. The number of likely N-dealkylation sites (tertiary alicyclic amines) is 1. The maximum Gasteiger partial charge on any atom is 0.373 e. The standard InChI is InChI=1S/C14H23N3.C9H11NO.C6H15BN2O/c1-16(2)14-5-3-12(4-6-14)11-17-9-7-13(15)8-10-17;1-10(2)9-5-3-8(7-11)4-6-9;1-7(10)9-6-2-4-8-5-3-6/h3-6,13H,7-11,15H2,1-2H3;3-7H,1-2H3;6,8-10H,2-5H2,1H3. The molecule has 0 atom stereocenters. The molecule has 0 aromatic heterocycles. The molecule has 9 heteroatoms. The van der Waals surface area contributed by atoms with Gasteiger partial charge in [-0.2, -0.15) is 0 Å². The molecule has 0 radical (unpaired) electrons. The Morgan fingerprint density at radius 1 is 0.947 bits per heavy atom. The molecule has 2 aliphatic rings. The van der Waals surface area contributed by atoms with Crippen molar-refractivity contribution in [3.8, 4) is 0 Å². The van der Waals surface area contributed by atoms with Crippen LogP contribution in [-0.4, -0.2) is 89.7 Å². The average Bonchev–Trinajstić information content (AvgIpc) is 2.91. The highest BCUT2D eigenvalue weighted by molar-refractivity contribution is 6.45. The van der Waals surface area contributed by atoms with Crippen LogP contribution in [0, 0.1) is 0 Å². The first-order chi connectivity index (χ1) is 18.2. The van der Waals surface area contributed by atoms with Crippen molar-refractivity contribution < 1.29 is 9.82 Å². The number of carbonyl (C=O) groups excluding carboxylic acids is 1. The van der Waals surface area contributed by atoms with E-state index in [4.69, 9.17) is 10.8 Å². The van der Waals surface area contributed by atoms with E-state index in [1.54, 1.807) is 6.82 Å². The summed E-state index contributed by atoms with van der Waals surface area (Å²) in [6.07, 6.45) is 5.38. The molecule has 0 spiro atoms. The number of benzene rings is 2. The summed E-state index contributed by atoms with van der Waals surface area (Å²) in [5, 5.41) is 15.3. The van der Waals surface area contributed by atoms with Gasteiger partial charge >= 0.3 is 7.05 Å². The van der Waals surface area contributed by atoms with Crippen LogP contribution in [0.15, 0.2) is 48.5 Å². The van der Waals surface area contributed by atoms with Crippen LogP contribution >= 0.6 is 0 Å². The van der Waals surface area contributed by atoms with E-state index in [0.29, 0.717) is 12.1 Å². The third-order valence-corrected chi connectivity index (χ3v) is 6.85. The zero-order valence-electron chi connectivity index (χ0n) is 24.1. The maximum absolute atomic E-state index is 10.3. The van der Waals surface area contributed by atoms with Crippen LogP contribution in [0.3, 0.4) is 0 Å². The summed E-state index contributed by atoms with van der Waals surface area (Å²) in [5.41, 5.74) is 10.4. The van der Waals surface area contributed by atoms with E-state index >= 15 is 0 Å². The Hall–Kier alpha value is -2.43. The number of rotatable bonds is 7. The molecule has 0 unspecified atom stereocenters. The molecule has 5 N–H and O–H groups in total. The zero-order valence-corrected chi connectivity index (χ0v) is 24.1. The molecule has 2 aromatic carbocycles. The fourth-order valence-corrected chi connectivity index (χ4v) is 4.45. The predicted octanol–water partition coefficient (Wildman–Crippen LogP) is 2.68. The van der Waals surface area contributed by atoms with Crippen molar-refractivity contribution in [2.24, 2.45) is 5.73 Å². The average molecular weight is 525 g/mol.